The number of hydrogen-bond acceptors (Lipinski definition) is 6. The summed E-state index contributed by atoms with van der Waals surface area (Å²) in [5.41, 5.74) is 1.57. The minimum absolute atomic E-state index is 0.161. The van der Waals surface area contributed by atoms with Crippen LogP contribution < -0.4 is 5.32 Å². The van der Waals surface area contributed by atoms with Crippen molar-refractivity contribution in [3.05, 3.63) is 34.0 Å². The van der Waals surface area contributed by atoms with Gasteiger partial charge in [-0.15, -0.1) is 0 Å². The molecule has 21 heavy (non-hydrogen) atoms. The zero-order valence-corrected chi connectivity index (χ0v) is 13.6. The molecule has 0 aromatic carbocycles. The standard InChI is InChI=1S/C15H20N4OS/c1-10(2)14-18-12(7-16)15(20-14)17-8-13(19(3)4)11-5-6-21-9-11/h5-6,9-10,13,17H,8H2,1-4H3/t13-/m0/s1. The number of thiophene rings is 1. The molecule has 0 saturated carbocycles. The Bertz CT molecular complexity index is 610. The van der Waals surface area contributed by atoms with Crippen LogP contribution in [0.15, 0.2) is 21.2 Å². The molecule has 0 amide bonds. The molecule has 0 fully saturated rings. The Kier molecular flexibility index (Phi) is 4.99. The Hall–Kier alpha value is -1.84. The van der Waals surface area contributed by atoms with E-state index in [1.807, 2.05) is 27.9 Å². The fourth-order valence-electron chi connectivity index (χ4n) is 2.03. The van der Waals surface area contributed by atoms with Crippen LogP contribution in [0.5, 0.6) is 0 Å². The average molecular weight is 304 g/mol. The number of aromatic nitrogens is 1. The maximum absolute atomic E-state index is 9.15. The topological polar surface area (TPSA) is 65.1 Å². The fourth-order valence-corrected chi connectivity index (χ4v) is 2.74. The Morgan fingerprint density at radius 1 is 1.48 bits per heavy atom. The molecule has 2 aromatic rings. The number of anilines is 1. The number of rotatable bonds is 6. The van der Waals surface area contributed by atoms with Gasteiger partial charge in [0.05, 0.1) is 6.04 Å². The van der Waals surface area contributed by atoms with Gasteiger partial charge in [-0.25, -0.2) is 4.98 Å². The third-order valence-electron chi connectivity index (χ3n) is 3.25. The van der Waals surface area contributed by atoms with Gasteiger partial charge in [-0.2, -0.15) is 16.6 Å². The summed E-state index contributed by atoms with van der Waals surface area (Å²) < 4.78 is 5.65. The second-order valence-corrected chi connectivity index (χ2v) is 6.19. The first-order valence-corrected chi connectivity index (χ1v) is 7.80. The number of nitriles is 1. The van der Waals surface area contributed by atoms with Gasteiger partial charge in [0.25, 0.3) is 0 Å². The summed E-state index contributed by atoms with van der Waals surface area (Å²) >= 11 is 1.68. The second kappa shape index (κ2) is 6.74. The van der Waals surface area contributed by atoms with E-state index in [1.165, 1.54) is 5.56 Å². The van der Waals surface area contributed by atoms with Crippen LogP contribution in [0, 0.1) is 11.3 Å². The highest BCUT2D eigenvalue weighted by atomic mass is 32.1. The molecule has 0 aliphatic rings. The molecule has 2 heterocycles. The van der Waals surface area contributed by atoms with Crippen molar-refractivity contribution in [2.45, 2.75) is 25.8 Å². The van der Waals surface area contributed by atoms with Gasteiger partial charge < -0.3 is 14.6 Å². The third kappa shape index (κ3) is 3.63. The molecule has 1 N–H and O–H groups in total. The molecule has 0 spiro atoms. The van der Waals surface area contributed by atoms with Crippen molar-refractivity contribution in [3.8, 4) is 6.07 Å². The van der Waals surface area contributed by atoms with Gasteiger partial charge in [-0.1, -0.05) is 13.8 Å². The lowest BCUT2D eigenvalue weighted by atomic mass is 10.1. The number of nitrogens with zero attached hydrogens (tertiary/aromatic N) is 3. The van der Waals surface area contributed by atoms with Gasteiger partial charge in [0.2, 0.25) is 17.5 Å². The lowest BCUT2D eigenvalue weighted by molar-refractivity contribution is 0.310. The lowest BCUT2D eigenvalue weighted by Crippen LogP contribution is -2.26. The number of likely N-dealkylation sites (N-methyl/N-ethyl adjacent to an activating group) is 1. The molecule has 6 heteroatoms. The molecule has 0 aliphatic heterocycles. The largest absolute Gasteiger partial charge is 0.424 e. The Morgan fingerprint density at radius 2 is 2.24 bits per heavy atom. The van der Waals surface area contributed by atoms with E-state index in [4.69, 9.17) is 9.68 Å². The van der Waals surface area contributed by atoms with Crippen molar-refractivity contribution in [3.63, 3.8) is 0 Å². The molecular formula is C15H20N4OS. The summed E-state index contributed by atoms with van der Waals surface area (Å²) in [4.78, 5) is 6.35. The zero-order chi connectivity index (χ0) is 15.4. The summed E-state index contributed by atoms with van der Waals surface area (Å²) in [7, 11) is 4.07. The Morgan fingerprint density at radius 3 is 2.76 bits per heavy atom. The number of hydrogen-bond donors (Lipinski definition) is 1. The van der Waals surface area contributed by atoms with Crippen molar-refractivity contribution in [2.75, 3.05) is 26.0 Å². The van der Waals surface area contributed by atoms with E-state index in [0.717, 1.165) is 0 Å². The van der Waals surface area contributed by atoms with Crippen molar-refractivity contribution >= 4 is 17.2 Å². The predicted octanol–water partition coefficient (Wildman–Crippen LogP) is 3.45. The highest BCUT2D eigenvalue weighted by Gasteiger charge is 2.19. The molecule has 2 rings (SSSR count). The SMILES string of the molecule is CC(C)c1nc(C#N)c(NC[C@@H](c2ccsc2)N(C)C)o1. The molecule has 2 aromatic heterocycles. The van der Waals surface area contributed by atoms with Crippen LogP contribution in [0.4, 0.5) is 5.88 Å². The first kappa shape index (κ1) is 15.5. The molecule has 0 saturated heterocycles. The van der Waals surface area contributed by atoms with E-state index in [9.17, 15) is 0 Å². The molecule has 5 nitrogen and oxygen atoms in total. The predicted molar refractivity (Wildman–Crippen MR) is 84.5 cm³/mol. The third-order valence-corrected chi connectivity index (χ3v) is 3.95. The second-order valence-electron chi connectivity index (χ2n) is 5.41. The van der Waals surface area contributed by atoms with Crippen LogP contribution in [-0.4, -0.2) is 30.5 Å². The Labute approximate surface area is 129 Å². The van der Waals surface area contributed by atoms with E-state index in [0.29, 0.717) is 24.0 Å². The summed E-state index contributed by atoms with van der Waals surface area (Å²) in [6.45, 7) is 4.64. The smallest absolute Gasteiger partial charge is 0.232 e. The van der Waals surface area contributed by atoms with Crippen LogP contribution in [0.25, 0.3) is 0 Å². The van der Waals surface area contributed by atoms with Gasteiger partial charge in [0, 0.05) is 12.5 Å². The summed E-state index contributed by atoms with van der Waals surface area (Å²) in [6, 6.07) is 4.41. The van der Waals surface area contributed by atoms with Gasteiger partial charge >= 0.3 is 0 Å². The van der Waals surface area contributed by atoms with Crippen molar-refractivity contribution in [1.29, 1.82) is 5.26 Å². The first-order chi connectivity index (χ1) is 10.0. The Balaban J connectivity index is 2.13. The lowest BCUT2D eigenvalue weighted by Gasteiger charge is -2.23. The van der Waals surface area contributed by atoms with Crippen molar-refractivity contribution < 1.29 is 4.42 Å². The monoisotopic (exact) mass is 304 g/mol. The summed E-state index contributed by atoms with van der Waals surface area (Å²) in [5, 5.41) is 16.6. The van der Waals surface area contributed by atoms with Crippen molar-refractivity contribution in [1.82, 2.24) is 9.88 Å². The molecular weight excluding hydrogens is 284 g/mol. The van der Waals surface area contributed by atoms with E-state index >= 15 is 0 Å². The maximum atomic E-state index is 9.15. The van der Waals surface area contributed by atoms with Crippen LogP contribution in [0.3, 0.4) is 0 Å². The van der Waals surface area contributed by atoms with Gasteiger partial charge in [-0.3, -0.25) is 0 Å². The minimum atomic E-state index is 0.161. The molecule has 112 valence electrons. The van der Waals surface area contributed by atoms with E-state index < -0.39 is 0 Å². The van der Waals surface area contributed by atoms with Gasteiger partial charge in [-0.05, 0) is 36.5 Å². The maximum Gasteiger partial charge on any atom is 0.232 e. The summed E-state index contributed by atoms with van der Waals surface area (Å²) in [5.74, 6) is 1.21. The molecule has 0 bridgehead atoms. The highest BCUT2D eigenvalue weighted by Crippen LogP contribution is 2.25. The van der Waals surface area contributed by atoms with Crippen LogP contribution in [0.2, 0.25) is 0 Å². The molecule has 1 atom stereocenters. The van der Waals surface area contributed by atoms with Crippen LogP contribution in [-0.2, 0) is 0 Å². The van der Waals surface area contributed by atoms with Crippen molar-refractivity contribution in [2.24, 2.45) is 0 Å². The average Bonchev–Trinajstić information content (AvgIpc) is 3.07. The molecule has 0 radical (unpaired) electrons. The highest BCUT2D eigenvalue weighted by molar-refractivity contribution is 7.07. The summed E-state index contributed by atoms with van der Waals surface area (Å²) in [6.07, 6.45) is 0. The van der Waals surface area contributed by atoms with E-state index in [-0.39, 0.29) is 12.0 Å². The molecule has 0 aliphatic carbocycles. The van der Waals surface area contributed by atoms with Crippen LogP contribution >= 0.6 is 11.3 Å². The van der Waals surface area contributed by atoms with E-state index in [2.05, 4.69) is 38.1 Å². The number of oxazole rings is 1. The normalized spacial score (nSPS) is 12.6. The number of nitrogens with one attached hydrogen (secondary N) is 1. The van der Waals surface area contributed by atoms with E-state index in [1.54, 1.807) is 11.3 Å². The van der Waals surface area contributed by atoms with Gasteiger partial charge in [0.1, 0.15) is 6.07 Å². The van der Waals surface area contributed by atoms with Gasteiger partial charge in [0.15, 0.2) is 0 Å². The molecule has 0 unspecified atom stereocenters. The minimum Gasteiger partial charge on any atom is -0.424 e. The quantitative estimate of drug-likeness (QED) is 0.885. The van der Waals surface area contributed by atoms with Crippen LogP contribution in [0.1, 0.15) is 43.0 Å². The zero-order valence-electron chi connectivity index (χ0n) is 12.8. The fraction of sp³-hybridized carbons (Fsp3) is 0.467. The first-order valence-electron chi connectivity index (χ1n) is 6.86.